The summed E-state index contributed by atoms with van der Waals surface area (Å²) < 4.78 is 5.12. The number of pyridine rings is 1. The van der Waals surface area contributed by atoms with Crippen LogP contribution in [0, 0.1) is 0 Å². The lowest BCUT2D eigenvalue weighted by molar-refractivity contribution is -0.116. The van der Waals surface area contributed by atoms with Crippen molar-refractivity contribution in [1.29, 1.82) is 0 Å². The third kappa shape index (κ3) is 4.24. The summed E-state index contributed by atoms with van der Waals surface area (Å²) in [6, 6.07) is 13.1. The fraction of sp³-hybridized carbons (Fsp3) is 0.125. The highest BCUT2D eigenvalue weighted by Crippen LogP contribution is 2.13. The largest absolute Gasteiger partial charge is 0.497 e. The van der Waals surface area contributed by atoms with E-state index < -0.39 is 0 Å². The van der Waals surface area contributed by atoms with Gasteiger partial charge in [0.05, 0.1) is 19.3 Å². The minimum atomic E-state index is -0.154. The van der Waals surface area contributed by atoms with Gasteiger partial charge >= 0.3 is 0 Å². The van der Waals surface area contributed by atoms with Crippen molar-refractivity contribution >= 4 is 12.0 Å². The van der Waals surface area contributed by atoms with Crippen LogP contribution in [0.2, 0.25) is 0 Å². The van der Waals surface area contributed by atoms with Crippen LogP contribution in [0.15, 0.2) is 54.7 Å². The number of rotatable bonds is 5. The first kappa shape index (κ1) is 13.8. The number of ether oxygens (including phenoxy) is 1. The quantitative estimate of drug-likeness (QED) is 0.847. The van der Waals surface area contributed by atoms with Crippen molar-refractivity contribution < 1.29 is 9.53 Å². The van der Waals surface area contributed by atoms with E-state index in [-0.39, 0.29) is 5.91 Å². The zero-order valence-corrected chi connectivity index (χ0v) is 11.2. The molecule has 1 heterocycles. The van der Waals surface area contributed by atoms with E-state index in [4.69, 9.17) is 4.74 Å². The molecular formula is C16H16N2O2. The van der Waals surface area contributed by atoms with E-state index in [1.165, 1.54) is 6.08 Å². The number of carbonyl (C=O) groups is 1. The van der Waals surface area contributed by atoms with Gasteiger partial charge in [-0.05, 0) is 35.9 Å². The first-order chi connectivity index (χ1) is 9.78. The smallest absolute Gasteiger partial charge is 0.244 e. The summed E-state index contributed by atoms with van der Waals surface area (Å²) in [6.45, 7) is 0.419. The monoisotopic (exact) mass is 268 g/mol. The first-order valence-electron chi connectivity index (χ1n) is 6.28. The third-order valence-electron chi connectivity index (χ3n) is 2.69. The molecule has 1 amide bonds. The predicted molar refractivity (Wildman–Crippen MR) is 78.1 cm³/mol. The lowest BCUT2D eigenvalue weighted by Gasteiger charge is -2.02. The van der Waals surface area contributed by atoms with Crippen LogP contribution in [0.3, 0.4) is 0 Å². The Kier molecular flexibility index (Phi) is 4.89. The van der Waals surface area contributed by atoms with Crippen molar-refractivity contribution in [2.75, 3.05) is 7.11 Å². The maximum Gasteiger partial charge on any atom is 0.244 e. The van der Waals surface area contributed by atoms with Crippen LogP contribution in [0.5, 0.6) is 5.75 Å². The van der Waals surface area contributed by atoms with Crippen LogP contribution in [0.1, 0.15) is 11.3 Å². The lowest BCUT2D eigenvalue weighted by Crippen LogP contribution is -2.20. The molecule has 2 rings (SSSR count). The van der Waals surface area contributed by atoms with E-state index in [1.54, 1.807) is 19.4 Å². The van der Waals surface area contributed by atoms with Crippen molar-refractivity contribution in [2.45, 2.75) is 6.54 Å². The van der Waals surface area contributed by atoms with Crippen LogP contribution in [-0.4, -0.2) is 18.0 Å². The fourth-order valence-electron chi connectivity index (χ4n) is 1.66. The Bertz CT molecular complexity index is 594. The van der Waals surface area contributed by atoms with Crippen molar-refractivity contribution in [3.63, 3.8) is 0 Å². The van der Waals surface area contributed by atoms with Gasteiger partial charge < -0.3 is 10.1 Å². The summed E-state index contributed by atoms with van der Waals surface area (Å²) in [5.41, 5.74) is 1.74. The van der Waals surface area contributed by atoms with Crippen LogP contribution in [0.25, 0.3) is 6.08 Å². The second-order valence-corrected chi connectivity index (χ2v) is 4.15. The number of nitrogens with zero attached hydrogens (tertiary/aromatic N) is 1. The van der Waals surface area contributed by atoms with Crippen LogP contribution < -0.4 is 10.1 Å². The van der Waals surface area contributed by atoms with Crippen LogP contribution in [-0.2, 0) is 11.3 Å². The molecule has 0 saturated heterocycles. The summed E-state index contributed by atoms with van der Waals surface area (Å²) >= 11 is 0. The van der Waals surface area contributed by atoms with E-state index in [2.05, 4.69) is 10.3 Å². The first-order valence-corrected chi connectivity index (χ1v) is 6.28. The summed E-state index contributed by atoms with van der Waals surface area (Å²) in [5, 5.41) is 2.78. The highest BCUT2D eigenvalue weighted by atomic mass is 16.5. The zero-order chi connectivity index (χ0) is 14.2. The van der Waals surface area contributed by atoms with E-state index in [0.29, 0.717) is 6.54 Å². The van der Waals surface area contributed by atoms with Gasteiger partial charge in [0, 0.05) is 12.3 Å². The van der Waals surface area contributed by atoms with E-state index in [0.717, 1.165) is 17.0 Å². The zero-order valence-electron chi connectivity index (χ0n) is 11.2. The topological polar surface area (TPSA) is 51.2 Å². The molecule has 1 N–H and O–H groups in total. The number of hydrogen-bond acceptors (Lipinski definition) is 3. The number of hydrogen-bond donors (Lipinski definition) is 1. The lowest BCUT2D eigenvalue weighted by atomic mass is 10.2. The molecule has 0 atom stereocenters. The van der Waals surface area contributed by atoms with Crippen LogP contribution in [0.4, 0.5) is 0 Å². The summed E-state index contributed by atoms with van der Waals surface area (Å²) in [6.07, 6.45) is 4.95. The molecule has 0 fully saturated rings. The molecule has 20 heavy (non-hydrogen) atoms. The van der Waals surface area contributed by atoms with Gasteiger partial charge in [0.2, 0.25) is 5.91 Å². The van der Waals surface area contributed by atoms with E-state index in [9.17, 15) is 4.79 Å². The molecule has 0 bridgehead atoms. The Morgan fingerprint density at radius 2 is 2.20 bits per heavy atom. The molecule has 0 aliphatic heterocycles. The van der Waals surface area contributed by atoms with Gasteiger partial charge in [-0.15, -0.1) is 0 Å². The average Bonchev–Trinajstić information content (AvgIpc) is 2.52. The standard InChI is InChI=1S/C16H16N2O2/c1-20-15-7-4-5-13(11-15)8-9-16(19)18-12-14-6-2-3-10-17-14/h2-11H,12H2,1H3,(H,18,19)/b9-8+. The van der Waals surface area contributed by atoms with Gasteiger partial charge in [-0.25, -0.2) is 0 Å². The molecule has 0 saturated carbocycles. The second-order valence-electron chi connectivity index (χ2n) is 4.15. The van der Waals surface area contributed by atoms with Gasteiger partial charge in [0.15, 0.2) is 0 Å². The molecule has 1 aromatic heterocycles. The molecule has 0 radical (unpaired) electrons. The number of amides is 1. The molecule has 4 nitrogen and oxygen atoms in total. The molecule has 1 aromatic carbocycles. The van der Waals surface area contributed by atoms with Crippen molar-refractivity contribution in [1.82, 2.24) is 10.3 Å². The van der Waals surface area contributed by atoms with Crippen LogP contribution >= 0.6 is 0 Å². The maximum absolute atomic E-state index is 11.7. The highest BCUT2D eigenvalue weighted by molar-refractivity contribution is 5.91. The predicted octanol–water partition coefficient (Wildman–Crippen LogP) is 2.42. The van der Waals surface area contributed by atoms with Crippen molar-refractivity contribution in [3.05, 3.63) is 66.0 Å². The third-order valence-corrected chi connectivity index (χ3v) is 2.69. The van der Waals surface area contributed by atoms with E-state index in [1.807, 2.05) is 42.5 Å². The Hall–Kier alpha value is -2.62. The molecule has 0 spiro atoms. The van der Waals surface area contributed by atoms with E-state index >= 15 is 0 Å². The Balaban J connectivity index is 1.89. The SMILES string of the molecule is COc1cccc(/C=C/C(=O)NCc2ccccn2)c1. The summed E-state index contributed by atoms with van der Waals surface area (Å²) in [7, 11) is 1.61. The number of benzene rings is 1. The summed E-state index contributed by atoms with van der Waals surface area (Å²) in [5.74, 6) is 0.611. The van der Waals surface area contributed by atoms with Gasteiger partial charge in [-0.1, -0.05) is 18.2 Å². The molecule has 0 unspecified atom stereocenters. The number of nitrogens with one attached hydrogen (secondary N) is 1. The van der Waals surface area contributed by atoms with Gasteiger partial charge in [0.1, 0.15) is 5.75 Å². The summed E-state index contributed by atoms with van der Waals surface area (Å²) in [4.78, 5) is 15.8. The maximum atomic E-state index is 11.7. The number of methoxy groups -OCH3 is 1. The normalized spacial score (nSPS) is 10.4. The highest BCUT2D eigenvalue weighted by Gasteiger charge is 1.97. The van der Waals surface area contributed by atoms with Gasteiger partial charge in [0.25, 0.3) is 0 Å². The average molecular weight is 268 g/mol. The van der Waals surface area contributed by atoms with Crippen molar-refractivity contribution in [3.8, 4) is 5.75 Å². The number of aromatic nitrogens is 1. The molecule has 0 aliphatic carbocycles. The molecule has 4 heteroatoms. The van der Waals surface area contributed by atoms with Gasteiger partial charge in [-0.2, -0.15) is 0 Å². The number of carbonyl (C=O) groups excluding carboxylic acids is 1. The molecular weight excluding hydrogens is 252 g/mol. The molecule has 102 valence electrons. The Labute approximate surface area is 118 Å². The second kappa shape index (κ2) is 7.09. The molecule has 0 aliphatic rings. The van der Waals surface area contributed by atoms with Gasteiger partial charge in [-0.3, -0.25) is 9.78 Å². The molecule has 2 aromatic rings. The Morgan fingerprint density at radius 3 is 2.95 bits per heavy atom. The fourth-order valence-corrected chi connectivity index (χ4v) is 1.66. The minimum Gasteiger partial charge on any atom is -0.497 e. The minimum absolute atomic E-state index is 0.154. The Morgan fingerprint density at radius 1 is 1.30 bits per heavy atom. The van der Waals surface area contributed by atoms with Crippen molar-refractivity contribution in [2.24, 2.45) is 0 Å².